The molecule has 0 amide bonds. The van der Waals surface area contributed by atoms with Gasteiger partial charge in [-0.3, -0.25) is 0 Å². The van der Waals surface area contributed by atoms with Crippen LogP contribution in [0.5, 0.6) is 0 Å². The molecule has 3 rings (SSSR count). The van der Waals surface area contributed by atoms with Crippen molar-refractivity contribution in [3.05, 3.63) is 11.4 Å². The maximum absolute atomic E-state index is 5.68. The second-order valence-electron chi connectivity index (χ2n) is 6.40. The van der Waals surface area contributed by atoms with Crippen molar-refractivity contribution in [2.75, 3.05) is 16.9 Å². The third-order valence-corrected chi connectivity index (χ3v) is 4.84. The van der Waals surface area contributed by atoms with Gasteiger partial charge >= 0.3 is 0 Å². The molecule has 2 aliphatic rings. The summed E-state index contributed by atoms with van der Waals surface area (Å²) < 4.78 is 0. The number of anilines is 2. The molecule has 0 bridgehead atoms. The van der Waals surface area contributed by atoms with E-state index < -0.39 is 0 Å². The predicted octanol–water partition coefficient (Wildman–Crippen LogP) is 3.11. The van der Waals surface area contributed by atoms with E-state index in [1.807, 2.05) is 0 Å². The molecule has 2 heterocycles. The van der Waals surface area contributed by atoms with E-state index >= 15 is 0 Å². The standard InChI is InChI=1S/C16H27N5/c1-3-13-7-5-4-6-10-21(13)16-11(2)14(20-17)18-15(19-16)12-8-9-12/h12-13H,3-10,17H2,1-2H3,(H,18,19,20). The van der Waals surface area contributed by atoms with E-state index in [0.717, 1.165) is 29.6 Å². The molecule has 1 atom stereocenters. The lowest BCUT2D eigenvalue weighted by molar-refractivity contribution is 0.550. The summed E-state index contributed by atoms with van der Waals surface area (Å²) in [7, 11) is 0. The number of nitrogens with zero attached hydrogens (tertiary/aromatic N) is 3. The van der Waals surface area contributed by atoms with Gasteiger partial charge in [0, 0.05) is 24.1 Å². The fourth-order valence-corrected chi connectivity index (χ4v) is 3.35. The fraction of sp³-hybridized carbons (Fsp3) is 0.750. The van der Waals surface area contributed by atoms with Crippen molar-refractivity contribution in [3.8, 4) is 0 Å². The first-order valence-electron chi connectivity index (χ1n) is 8.36. The molecule has 3 N–H and O–H groups in total. The summed E-state index contributed by atoms with van der Waals surface area (Å²) in [5, 5.41) is 0. The van der Waals surface area contributed by atoms with Gasteiger partial charge in [0.2, 0.25) is 0 Å². The highest BCUT2D eigenvalue weighted by molar-refractivity contribution is 5.59. The van der Waals surface area contributed by atoms with Gasteiger partial charge in [0.25, 0.3) is 0 Å². The highest BCUT2D eigenvalue weighted by atomic mass is 15.3. The SMILES string of the molecule is CCC1CCCCCN1c1nc(C2CC2)nc(NN)c1C. The van der Waals surface area contributed by atoms with Crippen molar-refractivity contribution in [2.45, 2.75) is 70.8 Å². The Morgan fingerprint density at radius 2 is 2.00 bits per heavy atom. The molecule has 5 nitrogen and oxygen atoms in total. The van der Waals surface area contributed by atoms with Crippen LogP contribution < -0.4 is 16.2 Å². The molecule has 1 saturated carbocycles. The number of nitrogen functional groups attached to an aromatic ring is 1. The summed E-state index contributed by atoms with van der Waals surface area (Å²) in [6, 6.07) is 0.596. The van der Waals surface area contributed by atoms with Crippen LogP contribution in [0.15, 0.2) is 0 Å². The van der Waals surface area contributed by atoms with Crippen LogP contribution in [0.2, 0.25) is 0 Å². The van der Waals surface area contributed by atoms with Gasteiger partial charge in [-0.05, 0) is 39.0 Å². The monoisotopic (exact) mass is 289 g/mol. The van der Waals surface area contributed by atoms with E-state index in [-0.39, 0.29) is 0 Å². The van der Waals surface area contributed by atoms with Gasteiger partial charge in [-0.1, -0.05) is 19.8 Å². The topological polar surface area (TPSA) is 67.1 Å². The van der Waals surface area contributed by atoms with Gasteiger partial charge in [0.15, 0.2) is 0 Å². The Kier molecular flexibility index (Phi) is 4.29. The van der Waals surface area contributed by atoms with Gasteiger partial charge in [-0.2, -0.15) is 0 Å². The normalized spacial score (nSPS) is 23.0. The Bertz CT molecular complexity index is 498. The van der Waals surface area contributed by atoms with Gasteiger partial charge in [-0.25, -0.2) is 15.8 Å². The molecule has 5 heteroatoms. The molecule has 116 valence electrons. The number of hydrazine groups is 1. The van der Waals surface area contributed by atoms with Crippen LogP contribution in [-0.2, 0) is 0 Å². The summed E-state index contributed by atoms with van der Waals surface area (Å²) in [5.74, 6) is 9.10. The zero-order valence-corrected chi connectivity index (χ0v) is 13.2. The van der Waals surface area contributed by atoms with E-state index in [2.05, 4.69) is 29.2 Å². The first kappa shape index (κ1) is 14.6. The number of hydrogen-bond acceptors (Lipinski definition) is 5. The Hall–Kier alpha value is -1.36. The minimum absolute atomic E-state index is 0.545. The summed E-state index contributed by atoms with van der Waals surface area (Å²) in [4.78, 5) is 12.0. The molecule has 1 aromatic rings. The van der Waals surface area contributed by atoms with E-state index in [0.29, 0.717) is 12.0 Å². The summed E-state index contributed by atoms with van der Waals surface area (Å²) >= 11 is 0. The lowest BCUT2D eigenvalue weighted by Crippen LogP contribution is -2.36. The molecule has 1 aromatic heterocycles. The van der Waals surface area contributed by atoms with Crippen LogP contribution in [-0.4, -0.2) is 22.6 Å². The second-order valence-corrected chi connectivity index (χ2v) is 6.40. The molecule has 1 aliphatic carbocycles. The van der Waals surface area contributed by atoms with Crippen LogP contribution in [0.3, 0.4) is 0 Å². The Labute approximate surface area is 127 Å². The minimum Gasteiger partial charge on any atom is -0.353 e. The van der Waals surface area contributed by atoms with Crippen molar-refractivity contribution in [1.82, 2.24) is 9.97 Å². The van der Waals surface area contributed by atoms with Crippen LogP contribution in [0.4, 0.5) is 11.6 Å². The maximum atomic E-state index is 5.68. The van der Waals surface area contributed by atoms with Crippen LogP contribution in [0.25, 0.3) is 0 Å². The van der Waals surface area contributed by atoms with Crippen molar-refractivity contribution >= 4 is 11.6 Å². The minimum atomic E-state index is 0.545. The molecule has 21 heavy (non-hydrogen) atoms. The summed E-state index contributed by atoms with van der Waals surface area (Å²) in [5.41, 5.74) is 3.85. The molecular formula is C16H27N5. The van der Waals surface area contributed by atoms with E-state index in [1.165, 1.54) is 44.9 Å². The molecular weight excluding hydrogens is 262 g/mol. The van der Waals surface area contributed by atoms with Crippen molar-refractivity contribution in [1.29, 1.82) is 0 Å². The van der Waals surface area contributed by atoms with Gasteiger partial charge in [0.05, 0.1) is 0 Å². The highest BCUT2D eigenvalue weighted by Gasteiger charge is 2.30. The van der Waals surface area contributed by atoms with Crippen molar-refractivity contribution < 1.29 is 0 Å². The summed E-state index contributed by atoms with van der Waals surface area (Å²) in [6.45, 7) is 5.46. The first-order chi connectivity index (χ1) is 10.2. The van der Waals surface area contributed by atoms with E-state index in [1.54, 1.807) is 0 Å². The molecule has 0 aromatic carbocycles. The molecule has 0 radical (unpaired) electrons. The number of aromatic nitrogens is 2. The Balaban J connectivity index is 1.99. The molecule has 2 fully saturated rings. The van der Waals surface area contributed by atoms with E-state index in [9.17, 15) is 0 Å². The zero-order valence-electron chi connectivity index (χ0n) is 13.2. The first-order valence-corrected chi connectivity index (χ1v) is 8.36. The van der Waals surface area contributed by atoms with E-state index in [4.69, 9.17) is 10.8 Å². The van der Waals surface area contributed by atoms with Gasteiger partial charge in [-0.15, -0.1) is 0 Å². The van der Waals surface area contributed by atoms with Gasteiger partial charge < -0.3 is 10.3 Å². The molecule has 1 unspecified atom stereocenters. The molecule has 0 spiro atoms. The average Bonchev–Trinajstić information content (AvgIpc) is 3.34. The number of nitrogens with one attached hydrogen (secondary N) is 1. The van der Waals surface area contributed by atoms with Crippen LogP contribution in [0.1, 0.15) is 69.2 Å². The van der Waals surface area contributed by atoms with Crippen molar-refractivity contribution in [2.24, 2.45) is 5.84 Å². The third kappa shape index (κ3) is 2.98. The lowest BCUT2D eigenvalue weighted by Gasteiger charge is -2.32. The van der Waals surface area contributed by atoms with Crippen molar-refractivity contribution in [3.63, 3.8) is 0 Å². The predicted molar refractivity (Wildman–Crippen MR) is 86.4 cm³/mol. The maximum Gasteiger partial charge on any atom is 0.148 e. The Morgan fingerprint density at radius 3 is 2.67 bits per heavy atom. The number of hydrogen-bond donors (Lipinski definition) is 2. The largest absolute Gasteiger partial charge is 0.353 e. The second kappa shape index (κ2) is 6.18. The zero-order chi connectivity index (χ0) is 14.8. The number of nitrogens with two attached hydrogens (primary N) is 1. The highest BCUT2D eigenvalue weighted by Crippen LogP contribution is 2.40. The lowest BCUT2D eigenvalue weighted by atomic mass is 10.1. The number of rotatable bonds is 4. The Morgan fingerprint density at radius 1 is 1.19 bits per heavy atom. The van der Waals surface area contributed by atoms with Crippen LogP contribution in [0, 0.1) is 6.92 Å². The third-order valence-electron chi connectivity index (χ3n) is 4.84. The quantitative estimate of drug-likeness (QED) is 0.658. The summed E-state index contributed by atoms with van der Waals surface area (Å²) in [6.07, 6.45) is 8.78. The van der Waals surface area contributed by atoms with Crippen LogP contribution >= 0.6 is 0 Å². The van der Waals surface area contributed by atoms with Gasteiger partial charge in [0.1, 0.15) is 17.5 Å². The fourth-order valence-electron chi connectivity index (χ4n) is 3.35. The molecule has 1 aliphatic heterocycles. The molecule has 1 saturated heterocycles. The smallest absolute Gasteiger partial charge is 0.148 e. The average molecular weight is 289 g/mol.